The number of aliphatic hydroxyl groups excluding tert-OH is 1. The summed E-state index contributed by atoms with van der Waals surface area (Å²) >= 11 is 0. The predicted molar refractivity (Wildman–Crippen MR) is 67.1 cm³/mol. The Kier molecular flexibility index (Phi) is 3.35. The van der Waals surface area contributed by atoms with Gasteiger partial charge >= 0.3 is 0 Å². The summed E-state index contributed by atoms with van der Waals surface area (Å²) < 4.78 is 10.8. The Hall–Kier alpha value is -1.66. The molecule has 0 spiro atoms. The van der Waals surface area contributed by atoms with Crippen LogP contribution in [0.3, 0.4) is 0 Å². The number of likely N-dealkylation sites (tertiary alicyclic amines) is 1. The van der Waals surface area contributed by atoms with Crippen molar-refractivity contribution in [2.75, 3.05) is 13.1 Å². The number of aromatic nitrogens is 2. The molecule has 1 N–H and O–H groups in total. The van der Waals surface area contributed by atoms with Crippen LogP contribution in [-0.4, -0.2) is 39.4 Å². The van der Waals surface area contributed by atoms with Gasteiger partial charge in [-0.25, -0.2) is 0 Å². The molecule has 0 bridgehead atoms. The highest BCUT2D eigenvalue weighted by Crippen LogP contribution is 2.23. The van der Waals surface area contributed by atoms with Crippen LogP contribution in [0.15, 0.2) is 27.2 Å². The third kappa shape index (κ3) is 2.69. The SMILES string of the molecule is CC(O)C1CCN(Cc2nnc(-c3ccco3)o2)C1. The fourth-order valence-electron chi connectivity index (χ4n) is 2.41. The Labute approximate surface area is 111 Å². The Balaban J connectivity index is 1.62. The predicted octanol–water partition coefficient (Wildman–Crippen LogP) is 1.53. The average molecular weight is 263 g/mol. The van der Waals surface area contributed by atoms with Crippen molar-refractivity contribution >= 4 is 0 Å². The summed E-state index contributed by atoms with van der Waals surface area (Å²) in [5.41, 5.74) is 0. The number of rotatable bonds is 4. The van der Waals surface area contributed by atoms with Crippen molar-refractivity contribution < 1.29 is 13.9 Å². The first kappa shape index (κ1) is 12.4. The largest absolute Gasteiger partial charge is 0.459 e. The lowest BCUT2D eigenvalue weighted by atomic mass is 10.0. The second-order valence-corrected chi connectivity index (χ2v) is 5.00. The molecular weight excluding hydrogens is 246 g/mol. The molecule has 2 atom stereocenters. The number of hydrogen-bond acceptors (Lipinski definition) is 6. The number of furan rings is 1. The molecule has 6 nitrogen and oxygen atoms in total. The van der Waals surface area contributed by atoms with Gasteiger partial charge in [0.05, 0.1) is 18.9 Å². The first-order valence-electron chi connectivity index (χ1n) is 6.49. The molecular formula is C13H17N3O3. The van der Waals surface area contributed by atoms with Crippen molar-refractivity contribution in [2.24, 2.45) is 5.92 Å². The van der Waals surface area contributed by atoms with E-state index in [1.807, 2.05) is 6.92 Å². The van der Waals surface area contributed by atoms with E-state index in [-0.39, 0.29) is 6.10 Å². The minimum atomic E-state index is -0.258. The van der Waals surface area contributed by atoms with E-state index in [9.17, 15) is 5.11 Å². The Morgan fingerprint density at radius 2 is 2.42 bits per heavy atom. The van der Waals surface area contributed by atoms with Crippen LogP contribution < -0.4 is 0 Å². The van der Waals surface area contributed by atoms with Crippen molar-refractivity contribution in [3.8, 4) is 11.7 Å². The number of hydrogen-bond donors (Lipinski definition) is 1. The highest BCUT2D eigenvalue weighted by atomic mass is 16.4. The van der Waals surface area contributed by atoms with Gasteiger partial charge in [0.1, 0.15) is 0 Å². The third-order valence-electron chi connectivity index (χ3n) is 3.55. The van der Waals surface area contributed by atoms with Crippen LogP contribution >= 0.6 is 0 Å². The second-order valence-electron chi connectivity index (χ2n) is 5.00. The second kappa shape index (κ2) is 5.14. The van der Waals surface area contributed by atoms with Gasteiger partial charge in [-0.15, -0.1) is 10.2 Å². The maximum atomic E-state index is 9.57. The lowest BCUT2D eigenvalue weighted by molar-refractivity contribution is 0.126. The van der Waals surface area contributed by atoms with E-state index in [0.717, 1.165) is 19.5 Å². The quantitative estimate of drug-likeness (QED) is 0.901. The molecule has 1 aliphatic rings. The summed E-state index contributed by atoms with van der Waals surface area (Å²) in [5, 5.41) is 17.6. The maximum absolute atomic E-state index is 9.57. The highest BCUT2D eigenvalue weighted by molar-refractivity contribution is 5.42. The van der Waals surface area contributed by atoms with Gasteiger partial charge in [0.15, 0.2) is 5.76 Å². The smallest absolute Gasteiger partial charge is 0.283 e. The molecule has 3 rings (SSSR count). The van der Waals surface area contributed by atoms with Crippen LogP contribution in [0.25, 0.3) is 11.7 Å². The van der Waals surface area contributed by atoms with Gasteiger partial charge in [-0.2, -0.15) is 0 Å². The zero-order valence-electron chi connectivity index (χ0n) is 10.8. The zero-order chi connectivity index (χ0) is 13.2. The topological polar surface area (TPSA) is 75.5 Å². The van der Waals surface area contributed by atoms with E-state index in [4.69, 9.17) is 8.83 Å². The van der Waals surface area contributed by atoms with Gasteiger partial charge in [0.25, 0.3) is 5.89 Å². The summed E-state index contributed by atoms with van der Waals surface area (Å²) in [6, 6.07) is 3.57. The van der Waals surface area contributed by atoms with E-state index < -0.39 is 0 Å². The van der Waals surface area contributed by atoms with Crippen molar-refractivity contribution in [1.29, 1.82) is 0 Å². The Bertz CT molecular complexity index is 521. The summed E-state index contributed by atoms with van der Waals surface area (Å²) in [6.45, 7) is 4.29. The lowest BCUT2D eigenvalue weighted by Crippen LogP contribution is -2.24. The number of aliphatic hydroxyl groups is 1. The molecule has 6 heteroatoms. The normalized spacial score (nSPS) is 21.9. The molecule has 2 unspecified atom stereocenters. The van der Waals surface area contributed by atoms with Gasteiger partial charge in [0.2, 0.25) is 5.89 Å². The van der Waals surface area contributed by atoms with Crippen LogP contribution in [0.2, 0.25) is 0 Å². The lowest BCUT2D eigenvalue weighted by Gasteiger charge is -2.15. The van der Waals surface area contributed by atoms with Crippen molar-refractivity contribution in [2.45, 2.75) is 26.0 Å². The molecule has 1 fully saturated rings. The van der Waals surface area contributed by atoms with Crippen LogP contribution in [-0.2, 0) is 6.54 Å². The van der Waals surface area contributed by atoms with Gasteiger partial charge in [-0.05, 0) is 37.9 Å². The standard InChI is InChI=1S/C13H17N3O3/c1-9(17)10-4-5-16(7-10)8-12-14-15-13(19-12)11-3-2-6-18-11/h2-3,6,9-10,17H,4-5,7-8H2,1H3. The highest BCUT2D eigenvalue weighted by Gasteiger charge is 2.27. The first-order valence-corrected chi connectivity index (χ1v) is 6.49. The van der Waals surface area contributed by atoms with E-state index in [1.165, 1.54) is 0 Å². The molecule has 0 saturated carbocycles. The van der Waals surface area contributed by atoms with Crippen molar-refractivity contribution in [3.05, 3.63) is 24.3 Å². The molecule has 0 aliphatic carbocycles. The fraction of sp³-hybridized carbons (Fsp3) is 0.538. The summed E-state index contributed by atoms with van der Waals surface area (Å²) in [5.74, 6) is 1.92. The molecule has 1 saturated heterocycles. The van der Waals surface area contributed by atoms with Crippen LogP contribution in [0.5, 0.6) is 0 Å². The van der Waals surface area contributed by atoms with E-state index in [1.54, 1.807) is 18.4 Å². The maximum Gasteiger partial charge on any atom is 0.283 e. The van der Waals surface area contributed by atoms with E-state index >= 15 is 0 Å². The molecule has 102 valence electrons. The van der Waals surface area contributed by atoms with Gasteiger partial charge < -0.3 is 13.9 Å². The fourth-order valence-corrected chi connectivity index (χ4v) is 2.41. The van der Waals surface area contributed by atoms with Gasteiger partial charge in [-0.3, -0.25) is 4.90 Å². The molecule has 19 heavy (non-hydrogen) atoms. The summed E-state index contributed by atoms with van der Waals surface area (Å²) in [4.78, 5) is 2.22. The van der Waals surface area contributed by atoms with Gasteiger partial charge in [-0.1, -0.05) is 0 Å². The molecule has 2 aromatic rings. The molecule has 1 aliphatic heterocycles. The Morgan fingerprint density at radius 1 is 1.53 bits per heavy atom. The van der Waals surface area contributed by atoms with Crippen molar-refractivity contribution in [3.63, 3.8) is 0 Å². The molecule has 3 heterocycles. The molecule has 0 amide bonds. The van der Waals surface area contributed by atoms with E-state index in [2.05, 4.69) is 15.1 Å². The van der Waals surface area contributed by atoms with Crippen LogP contribution in [0, 0.1) is 5.92 Å². The van der Waals surface area contributed by atoms with Crippen LogP contribution in [0.1, 0.15) is 19.2 Å². The van der Waals surface area contributed by atoms with Crippen molar-refractivity contribution in [1.82, 2.24) is 15.1 Å². The Morgan fingerprint density at radius 3 is 3.11 bits per heavy atom. The van der Waals surface area contributed by atoms with E-state index in [0.29, 0.717) is 30.0 Å². The summed E-state index contributed by atoms with van der Waals surface area (Å²) in [6.07, 6.45) is 2.33. The zero-order valence-corrected chi connectivity index (χ0v) is 10.8. The minimum Gasteiger partial charge on any atom is -0.459 e. The molecule has 0 aromatic carbocycles. The third-order valence-corrected chi connectivity index (χ3v) is 3.55. The average Bonchev–Trinajstić information content (AvgIpc) is 3.09. The molecule has 2 aromatic heterocycles. The van der Waals surface area contributed by atoms with Gasteiger partial charge in [0, 0.05) is 6.54 Å². The monoisotopic (exact) mass is 263 g/mol. The number of nitrogens with zero attached hydrogens (tertiary/aromatic N) is 3. The van der Waals surface area contributed by atoms with Crippen LogP contribution in [0.4, 0.5) is 0 Å². The minimum absolute atomic E-state index is 0.258. The molecule has 0 radical (unpaired) electrons. The summed E-state index contributed by atoms with van der Waals surface area (Å²) in [7, 11) is 0. The first-order chi connectivity index (χ1) is 9.22.